The summed E-state index contributed by atoms with van der Waals surface area (Å²) in [5.41, 5.74) is 0. The molecule has 21 heavy (non-hydrogen) atoms. The highest BCUT2D eigenvalue weighted by Crippen LogP contribution is 2.27. The molecular formula is C10H20O9S2. The standard InChI is InChI=1S/C10H20O9S2/c1-4-20(16,17)9(14)10(15,21(18,19)5-2)8(13)7(12)6(3)11/h6-8,11-13,15H,4-5H2,1-3H3/t6-,7-,8+,10-/m0/s1. The van der Waals surface area contributed by atoms with Crippen LogP contribution in [0.15, 0.2) is 0 Å². The molecule has 0 aromatic rings. The van der Waals surface area contributed by atoms with Crippen LogP contribution in [0.4, 0.5) is 0 Å². The van der Waals surface area contributed by atoms with Crippen molar-refractivity contribution < 1.29 is 42.1 Å². The molecule has 0 fully saturated rings. The number of aliphatic hydroxyl groups is 4. The Morgan fingerprint density at radius 3 is 1.76 bits per heavy atom. The zero-order valence-electron chi connectivity index (χ0n) is 11.8. The van der Waals surface area contributed by atoms with Crippen LogP contribution in [0.25, 0.3) is 0 Å². The molecule has 4 N–H and O–H groups in total. The number of carbonyl (C=O) groups is 1. The number of rotatable bonds is 7. The first-order valence-corrected chi connectivity index (χ1v) is 9.36. The summed E-state index contributed by atoms with van der Waals surface area (Å²) in [4.78, 5) is 8.17. The monoisotopic (exact) mass is 348 g/mol. The highest BCUT2D eigenvalue weighted by molar-refractivity contribution is 8.08. The van der Waals surface area contributed by atoms with E-state index in [1.165, 1.54) is 0 Å². The smallest absolute Gasteiger partial charge is 0.296 e. The Morgan fingerprint density at radius 2 is 1.48 bits per heavy atom. The normalized spacial score (nSPS) is 20.3. The van der Waals surface area contributed by atoms with E-state index in [1.54, 1.807) is 0 Å². The van der Waals surface area contributed by atoms with Gasteiger partial charge in [-0.1, -0.05) is 13.8 Å². The summed E-state index contributed by atoms with van der Waals surface area (Å²) in [6.07, 6.45) is -6.68. The lowest BCUT2D eigenvalue weighted by Crippen LogP contribution is -2.63. The van der Waals surface area contributed by atoms with E-state index in [1.807, 2.05) is 0 Å². The van der Waals surface area contributed by atoms with Crippen LogP contribution in [-0.2, 0) is 24.5 Å². The zero-order chi connectivity index (χ0) is 17.2. The first kappa shape index (κ1) is 20.4. The third-order valence-corrected chi connectivity index (χ3v) is 6.93. The predicted molar refractivity (Wildman–Crippen MR) is 72.6 cm³/mol. The number of sulfone groups is 2. The summed E-state index contributed by atoms with van der Waals surface area (Å²) in [5.74, 6) is -1.66. The molecule has 0 aliphatic rings. The van der Waals surface area contributed by atoms with Gasteiger partial charge in [0.2, 0.25) is 9.84 Å². The Balaban J connectivity index is 6.27. The first-order valence-electron chi connectivity index (χ1n) is 6.05. The van der Waals surface area contributed by atoms with Crippen LogP contribution in [0.1, 0.15) is 20.8 Å². The molecule has 0 rings (SSSR count). The average Bonchev–Trinajstić information content (AvgIpc) is 2.43. The van der Waals surface area contributed by atoms with E-state index in [4.69, 9.17) is 5.11 Å². The highest BCUT2D eigenvalue weighted by atomic mass is 32.2. The maximum absolute atomic E-state index is 11.9. The fourth-order valence-electron chi connectivity index (χ4n) is 1.50. The van der Waals surface area contributed by atoms with Gasteiger partial charge >= 0.3 is 0 Å². The third kappa shape index (κ3) is 3.60. The average molecular weight is 348 g/mol. The van der Waals surface area contributed by atoms with Crippen molar-refractivity contribution in [3.63, 3.8) is 0 Å². The number of aliphatic hydroxyl groups excluding tert-OH is 3. The Labute approximate surface area is 123 Å². The summed E-state index contributed by atoms with van der Waals surface area (Å²) in [7, 11) is -9.50. The van der Waals surface area contributed by atoms with Crippen molar-refractivity contribution in [2.45, 2.75) is 44.0 Å². The summed E-state index contributed by atoms with van der Waals surface area (Å²) < 4.78 is 47.0. The second-order valence-corrected chi connectivity index (χ2v) is 9.07. The second-order valence-electron chi connectivity index (χ2n) is 4.47. The van der Waals surface area contributed by atoms with E-state index in [2.05, 4.69) is 0 Å². The molecule has 4 atom stereocenters. The van der Waals surface area contributed by atoms with Gasteiger partial charge in [0, 0.05) is 0 Å². The quantitative estimate of drug-likeness (QED) is 0.379. The molecule has 11 heteroatoms. The fraction of sp³-hybridized carbons (Fsp3) is 0.900. The molecule has 0 unspecified atom stereocenters. The van der Waals surface area contributed by atoms with E-state index < -0.39 is 59.5 Å². The van der Waals surface area contributed by atoms with Gasteiger partial charge in [-0.3, -0.25) is 4.79 Å². The van der Waals surface area contributed by atoms with Gasteiger partial charge in [0.05, 0.1) is 17.6 Å². The summed E-state index contributed by atoms with van der Waals surface area (Å²) >= 11 is 0. The highest BCUT2D eigenvalue weighted by Gasteiger charge is 2.60. The molecule has 0 aliphatic heterocycles. The summed E-state index contributed by atoms with van der Waals surface area (Å²) in [6, 6.07) is 0. The van der Waals surface area contributed by atoms with Crippen LogP contribution in [0.2, 0.25) is 0 Å². The van der Waals surface area contributed by atoms with E-state index in [-0.39, 0.29) is 0 Å². The SMILES string of the molecule is CCS(=O)(=O)C(=O)[C@](O)([C@H](O)[C@@H](O)[C@H](C)O)S(=O)(=O)CC. The van der Waals surface area contributed by atoms with Crippen LogP contribution in [-0.4, -0.2) is 77.1 Å². The van der Waals surface area contributed by atoms with Gasteiger partial charge in [-0.05, 0) is 6.92 Å². The predicted octanol–water partition coefficient (Wildman–Crippen LogP) is -2.83. The molecule has 0 aromatic heterocycles. The number of hydrogen-bond donors (Lipinski definition) is 4. The lowest BCUT2D eigenvalue weighted by molar-refractivity contribution is -0.144. The number of hydrogen-bond acceptors (Lipinski definition) is 9. The van der Waals surface area contributed by atoms with E-state index >= 15 is 0 Å². The molecule has 0 bridgehead atoms. The van der Waals surface area contributed by atoms with Crippen LogP contribution in [0.3, 0.4) is 0 Å². The minimum atomic E-state index is -4.82. The maximum atomic E-state index is 11.9. The zero-order valence-corrected chi connectivity index (χ0v) is 13.4. The molecule has 126 valence electrons. The van der Waals surface area contributed by atoms with Crippen molar-refractivity contribution in [3.05, 3.63) is 0 Å². The van der Waals surface area contributed by atoms with E-state index in [9.17, 15) is 36.9 Å². The van der Waals surface area contributed by atoms with Crippen molar-refractivity contribution in [2.75, 3.05) is 11.5 Å². The van der Waals surface area contributed by atoms with Gasteiger partial charge < -0.3 is 20.4 Å². The van der Waals surface area contributed by atoms with Gasteiger partial charge in [0.25, 0.3) is 10.0 Å². The molecule has 0 spiro atoms. The number of carbonyl (C=O) groups excluding carboxylic acids is 1. The molecule has 0 saturated heterocycles. The molecule has 0 radical (unpaired) electrons. The van der Waals surface area contributed by atoms with E-state index in [0.29, 0.717) is 0 Å². The van der Waals surface area contributed by atoms with Crippen molar-refractivity contribution in [3.8, 4) is 0 Å². The Kier molecular flexibility index (Phi) is 6.48. The molecule has 0 aromatic carbocycles. The van der Waals surface area contributed by atoms with Gasteiger partial charge in [-0.15, -0.1) is 0 Å². The largest absolute Gasteiger partial charge is 0.391 e. The summed E-state index contributed by atoms with van der Waals surface area (Å²) in [5, 5.41) is 36.4. The summed E-state index contributed by atoms with van der Waals surface area (Å²) in [6.45, 7) is 3.03. The molecule has 0 amide bonds. The second kappa shape index (κ2) is 6.67. The third-order valence-electron chi connectivity index (χ3n) is 3.03. The van der Waals surface area contributed by atoms with Crippen LogP contribution in [0, 0.1) is 0 Å². The lowest BCUT2D eigenvalue weighted by Gasteiger charge is -2.33. The van der Waals surface area contributed by atoms with Crippen LogP contribution in [0.5, 0.6) is 0 Å². The van der Waals surface area contributed by atoms with Crippen LogP contribution >= 0.6 is 0 Å². The van der Waals surface area contributed by atoms with Crippen molar-refractivity contribution in [1.29, 1.82) is 0 Å². The van der Waals surface area contributed by atoms with Gasteiger partial charge in [-0.2, -0.15) is 0 Å². The van der Waals surface area contributed by atoms with Crippen molar-refractivity contribution in [2.24, 2.45) is 0 Å². The Hall–Kier alpha value is -0.590. The molecule has 9 nitrogen and oxygen atoms in total. The van der Waals surface area contributed by atoms with Crippen molar-refractivity contribution in [1.82, 2.24) is 0 Å². The minimum absolute atomic E-state index is 0.801. The topological polar surface area (TPSA) is 166 Å². The lowest BCUT2D eigenvalue weighted by atomic mass is 10.0. The maximum Gasteiger partial charge on any atom is 0.296 e. The Bertz CT molecular complexity index is 578. The Morgan fingerprint density at radius 1 is 1.05 bits per heavy atom. The van der Waals surface area contributed by atoms with E-state index in [0.717, 1.165) is 20.8 Å². The molecule has 0 heterocycles. The van der Waals surface area contributed by atoms with Gasteiger partial charge in [0.15, 0.2) is 9.84 Å². The first-order chi connectivity index (χ1) is 9.29. The molecule has 0 aliphatic carbocycles. The minimum Gasteiger partial charge on any atom is -0.391 e. The van der Waals surface area contributed by atoms with Crippen molar-refractivity contribution >= 4 is 24.8 Å². The van der Waals surface area contributed by atoms with Crippen LogP contribution < -0.4 is 0 Å². The van der Waals surface area contributed by atoms with Gasteiger partial charge in [-0.25, -0.2) is 16.8 Å². The molecule has 0 saturated carbocycles. The van der Waals surface area contributed by atoms with Gasteiger partial charge in [0.1, 0.15) is 12.2 Å². The fourth-order valence-corrected chi connectivity index (χ4v) is 4.29. The molecular weight excluding hydrogens is 328 g/mol.